The number of Topliss-reactive ketones (excluding diaryl/α,β-unsaturated/α-hetero) is 1. The van der Waals surface area contributed by atoms with E-state index in [2.05, 4.69) is 4.98 Å². The van der Waals surface area contributed by atoms with Gasteiger partial charge in [0.05, 0.1) is 6.42 Å². The molecule has 1 fully saturated rings. The van der Waals surface area contributed by atoms with Crippen molar-refractivity contribution in [2.24, 2.45) is 17.6 Å². The second kappa shape index (κ2) is 5.06. The molecule has 0 aliphatic heterocycles. The summed E-state index contributed by atoms with van der Waals surface area (Å²) in [5.74, 6) is 0.935. The van der Waals surface area contributed by atoms with E-state index in [1.165, 1.54) is 0 Å². The number of hydrogen-bond acceptors (Lipinski definition) is 4. The molecule has 16 heavy (non-hydrogen) atoms. The Labute approximate surface area is 100 Å². The van der Waals surface area contributed by atoms with Crippen LogP contribution in [0, 0.1) is 18.8 Å². The quantitative estimate of drug-likeness (QED) is 0.872. The highest BCUT2D eigenvalue weighted by Gasteiger charge is 2.31. The normalized spacial score (nSPS) is 24.9. The SMILES string of the molecule is Cc1csc(CC(=O)C2CCCC2CN)n1. The van der Waals surface area contributed by atoms with Gasteiger partial charge in [0.2, 0.25) is 0 Å². The van der Waals surface area contributed by atoms with Gasteiger partial charge in [-0.1, -0.05) is 6.42 Å². The van der Waals surface area contributed by atoms with E-state index >= 15 is 0 Å². The molecule has 1 heterocycles. The first kappa shape index (κ1) is 11.7. The predicted molar refractivity (Wildman–Crippen MR) is 65.4 cm³/mol. The van der Waals surface area contributed by atoms with Gasteiger partial charge in [0, 0.05) is 17.0 Å². The molecule has 2 atom stereocenters. The van der Waals surface area contributed by atoms with Crippen LogP contribution in [0.25, 0.3) is 0 Å². The minimum Gasteiger partial charge on any atom is -0.330 e. The van der Waals surface area contributed by atoms with Crippen LogP contribution in [0.2, 0.25) is 0 Å². The van der Waals surface area contributed by atoms with Crippen LogP contribution in [-0.2, 0) is 11.2 Å². The summed E-state index contributed by atoms with van der Waals surface area (Å²) in [6, 6.07) is 0. The molecule has 2 N–H and O–H groups in total. The Balaban J connectivity index is 1.97. The molecule has 0 aromatic carbocycles. The van der Waals surface area contributed by atoms with E-state index in [0.29, 0.717) is 24.7 Å². The van der Waals surface area contributed by atoms with E-state index in [0.717, 1.165) is 30.0 Å². The lowest BCUT2D eigenvalue weighted by Crippen LogP contribution is -2.26. The van der Waals surface area contributed by atoms with Crippen molar-refractivity contribution >= 4 is 17.1 Å². The second-order valence-electron chi connectivity index (χ2n) is 4.56. The van der Waals surface area contributed by atoms with Gasteiger partial charge < -0.3 is 5.73 Å². The van der Waals surface area contributed by atoms with E-state index in [1.807, 2.05) is 12.3 Å². The lowest BCUT2D eigenvalue weighted by molar-refractivity contribution is -0.123. The smallest absolute Gasteiger partial charge is 0.143 e. The van der Waals surface area contributed by atoms with Gasteiger partial charge in [0.15, 0.2) is 0 Å². The Morgan fingerprint density at radius 1 is 1.62 bits per heavy atom. The van der Waals surface area contributed by atoms with Crippen molar-refractivity contribution in [3.63, 3.8) is 0 Å². The highest BCUT2D eigenvalue weighted by atomic mass is 32.1. The summed E-state index contributed by atoms with van der Waals surface area (Å²) in [6.07, 6.45) is 3.78. The van der Waals surface area contributed by atoms with Gasteiger partial charge in [-0.25, -0.2) is 4.98 Å². The molecule has 88 valence electrons. The molecular weight excluding hydrogens is 220 g/mol. The summed E-state index contributed by atoms with van der Waals surface area (Å²) >= 11 is 1.58. The monoisotopic (exact) mass is 238 g/mol. The number of carbonyl (C=O) groups is 1. The fraction of sp³-hybridized carbons (Fsp3) is 0.667. The van der Waals surface area contributed by atoms with Gasteiger partial charge in [-0.3, -0.25) is 4.79 Å². The Hall–Kier alpha value is -0.740. The molecule has 0 radical (unpaired) electrons. The zero-order valence-corrected chi connectivity index (χ0v) is 10.4. The Kier molecular flexibility index (Phi) is 3.71. The third-order valence-corrected chi connectivity index (χ3v) is 4.33. The second-order valence-corrected chi connectivity index (χ2v) is 5.50. The van der Waals surface area contributed by atoms with Gasteiger partial charge in [0.1, 0.15) is 10.8 Å². The van der Waals surface area contributed by atoms with Crippen molar-refractivity contribution in [3.05, 3.63) is 16.1 Å². The number of carbonyl (C=O) groups excluding carboxylic acids is 1. The summed E-state index contributed by atoms with van der Waals surface area (Å²) in [6.45, 7) is 2.61. The summed E-state index contributed by atoms with van der Waals surface area (Å²) in [7, 11) is 0. The molecule has 0 spiro atoms. The van der Waals surface area contributed by atoms with Crippen LogP contribution in [0.5, 0.6) is 0 Å². The molecule has 0 saturated heterocycles. The standard InChI is InChI=1S/C12H18N2OS/c1-8-7-16-12(14-8)5-11(15)10-4-2-3-9(10)6-13/h7,9-10H,2-6,13H2,1H3. The van der Waals surface area contributed by atoms with Crippen LogP contribution in [0.4, 0.5) is 0 Å². The van der Waals surface area contributed by atoms with Crippen molar-refractivity contribution in [2.75, 3.05) is 6.54 Å². The first-order valence-corrected chi connectivity index (χ1v) is 6.72. The zero-order valence-electron chi connectivity index (χ0n) is 9.61. The summed E-state index contributed by atoms with van der Waals surface area (Å²) in [5, 5.41) is 2.95. The molecule has 1 aliphatic rings. The molecule has 2 unspecified atom stereocenters. The summed E-state index contributed by atoms with van der Waals surface area (Å²) in [5.41, 5.74) is 6.70. The first-order chi connectivity index (χ1) is 7.70. The van der Waals surface area contributed by atoms with Crippen molar-refractivity contribution in [3.8, 4) is 0 Å². The van der Waals surface area contributed by atoms with E-state index in [1.54, 1.807) is 11.3 Å². The predicted octanol–water partition coefficient (Wildman–Crippen LogP) is 1.94. The number of rotatable bonds is 4. The maximum atomic E-state index is 12.1. The Morgan fingerprint density at radius 2 is 2.44 bits per heavy atom. The molecule has 1 aliphatic carbocycles. The zero-order chi connectivity index (χ0) is 11.5. The molecule has 0 amide bonds. The van der Waals surface area contributed by atoms with Crippen molar-refractivity contribution in [2.45, 2.75) is 32.6 Å². The number of hydrogen-bond donors (Lipinski definition) is 1. The molecule has 2 rings (SSSR count). The summed E-state index contributed by atoms with van der Waals surface area (Å²) in [4.78, 5) is 16.4. The fourth-order valence-electron chi connectivity index (χ4n) is 2.51. The van der Waals surface area contributed by atoms with Gasteiger partial charge in [-0.05, 0) is 32.2 Å². The topological polar surface area (TPSA) is 56.0 Å². The van der Waals surface area contributed by atoms with Crippen LogP contribution in [0.3, 0.4) is 0 Å². The minimum absolute atomic E-state index is 0.189. The molecule has 1 aromatic heterocycles. The number of thiazole rings is 1. The van der Waals surface area contributed by atoms with Gasteiger partial charge in [-0.15, -0.1) is 11.3 Å². The number of nitrogens with two attached hydrogens (primary N) is 1. The Morgan fingerprint density at radius 3 is 3.06 bits per heavy atom. The molecular formula is C12H18N2OS. The van der Waals surface area contributed by atoms with E-state index in [-0.39, 0.29) is 5.92 Å². The molecule has 3 nitrogen and oxygen atoms in total. The maximum absolute atomic E-state index is 12.1. The van der Waals surface area contributed by atoms with Crippen molar-refractivity contribution in [1.29, 1.82) is 0 Å². The van der Waals surface area contributed by atoms with Crippen LogP contribution in [0.1, 0.15) is 30.0 Å². The maximum Gasteiger partial charge on any atom is 0.143 e. The fourth-order valence-corrected chi connectivity index (χ4v) is 3.29. The number of aryl methyl sites for hydroxylation is 1. The van der Waals surface area contributed by atoms with Crippen LogP contribution in [-0.4, -0.2) is 17.3 Å². The highest BCUT2D eigenvalue weighted by Crippen LogP contribution is 2.32. The summed E-state index contributed by atoms with van der Waals surface area (Å²) < 4.78 is 0. The third kappa shape index (κ3) is 2.50. The molecule has 0 bridgehead atoms. The molecule has 4 heteroatoms. The van der Waals surface area contributed by atoms with E-state index in [4.69, 9.17) is 5.73 Å². The van der Waals surface area contributed by atoms with Crippen LogP contribution >= 0.6 is 11.3 Å². The first-order valence-electron chi connectivity index (χ1n) is 5.84. The molecule has 1 aromatic rings. The van der Waals surface area contributed by atoms with Gasteiger partial charge >= 0.3 is 0 Å². The number of nitrogens with zero attached hydrogens (tertiary/aromatic N) is 1. The molecule has 1 saturated carbocycles. The average Bonchev–Trinajstić information content (AvgIpc) is 2.86. The van der Waals surface area contributed by atoms with Gasteiger partial charge in [0.25, 0.3) is 0 Å². The van der Waals surface area contributed by atoms with Gasteiger partial charge in [-0.2, -0.15) is 0 Å². The van der Waals surface area contributed by atoms with Crippen molar-refractivity contribution < 1.29 is 4.79 Å². The minimum atomic E-state index is 0.189. The highest BCUT2D eigenvalue weighted by molar-refractivity contribution is 7.09. The average molecular weight is 238 g/mol. The van der Waals surface area contributed by atoms with E-state index < -0.39 is 0 Å². The van der Waals surface area contributed by atoms with Crippen LogP contribution < -0.4 is 5.73 Å². The largest absolute Gasteiger partial charge is 0.330 e. The third-order valence-electron chi connectivity index (χ3n) is 3.37. The number of ketones is 1. The van der Waals surface area contributed by atoms with Crippen molar-refractivity contribution in [1.82, 2.24) is 4.98 Å². The van der Waals surface area contributed by atoms with Crippen LogP contribution in [0.15, 0.2) is 5.38 Å². The lowest BCUT2D eigenvalue weighted by Gasteiger charge is -2.15. The number of aromatic nitrogens is 1. The Bertz CT molecular complexity index is 375. The lowest BCUT2D eigenvalue weighted by atomic mass is 9.90. The van der Waals surface area contributed by atoms with E-state index in [9.17, 15) is 4.79 Å².